The Kier molecular flexibility index (Phi) is 8.16. The second kappa shape index (κ2) is 9.34. The number of rotatable bonds is 6. The first-order valence-electron chi connectivity index (χ1n) is 6.86. The van der Waals surface area contributed by atoms with Crippen LogP contribution in [0.2, 0.25) is 5.02 Å². The Bertz CT molecular complexity index is 513. The lowest BCUT2D eigenvalue weighted by atomic mass is 10.2. The van der Waals surface area contributed by atoms with Gasteiger partial charge in [0.1, 0.15) is 5.75 Å². The van der Waals surface area contributed by atoms with Gasteiger partial charge in [0.05, 0.1) is 6.54 Å². The summed E-state index contributed by atoms with van der Waals surface area (Å²) in [6, 6.07) is 4.99. The van der Waals surface area contributed by atoms with Crippen molar-refractivity contribution in [2.75, 3.05) is 6.54 Å². The average Bonchev–Trinajstić information content (AvgIpc) is 3.22. The zero-order chi connectivity index (χ0) is 15.2. The molecule has 0 unspecified atom stereocenters. The van der Waals surface area contributed by atoms with Crippen LogP contribution in [-0.2, 0) is 6.54 Å². The van der Waals surface area contributed by atoms with Crippen molar-refractivity contribution in [2.24, 2.45) is 4.99 Å². The van der Waals surface area contributed by atoms with Crippen molar-refractivity contribution in [3.8, 4) is 5.75 Å². The molecular weight excluding hydrogens is 427 g/mol. The van der Waals surface area contributed by atoms with E-state index in [0.29, 0.717) is 22.6 Å². The summed E-state index contributed by atoms with van der Waals surface area (Å²) in [5.41, 5.74) is 0.524. The number of hydrogen-bond donors (Lipinski definition) is 2. The van der Waals surface area contributed by atoms with Crippen LogP contribution in [0.1, 0.15) is 25.3 Å². The number of halogens is 4. The van der Waals surface area contributed by atoms with Crippen molar-refractivity contribution < 1.29 is 13.5 Å². The van der Waals surface area contributed by atoms with Crippen LogP contribution in [0.15, 0.2) is 23.2 Å². The van der Waals surface area contributed by atoms with Gasteiger partial charge in [-0.05, 0) is 38.0 Å². The minimum Gasteiger partial charge on any atom is -0.434 e. The number of alkyl halides is 2. The molecule has 124 valence electrons. The first-order valence-corrected chi connectivity index (χ1v) is 7.24. The number of ether oxygens (including phenoxy) is 1. The van der Waals surface area contributed by atoms with E-state index < -0.39 is 6.61 Å². The van der Waals surface area contributed by atoms with E-state index in [9.17, 15) is 8.78 Å². The number of guanidine groups is 1. The molecule has 4 nitrogen and oxygen atoms in total. The molecule has 22 heavy (non-hydrogen) atoms. The number of aliphatic imine (C=N–C) groups is 1. The first-order chi connectivity index (χ1) is 10.1. The molecule has 2 N–H and O–H groups in total. The van der Waals surface area contributed by atoms with Crippen LogP contribution in [0.3, 0.4) is 0 Å². The Morgan fingerprint density at radius 1 is 1.45 bits per heavy atom. The molecule has 0 bridgehead atoms. The van der Waals surface area contributed by atoms with E-state index in [1.807, 2.05) is 6.92 Å². The van der Waals surface area contributed by atoms with E-state index in [-0.39, 0.29) is 36.3 Å². The van der Waals surface area contributed by atoms with Gasteiger partial charge in [-0.3, -0.25) is 0 Å². The highest BCUT2D eigenvalue weighted by atomic mass is 127. The van der Waals surface area contributed by atoms with Gasteiger partial charge in [0, 0.05) is 23.2 Å². The smallest absolute Gasteiger partial charge is 0.387 e. The molecule has 0 amide bonds. The van der Waals surface area contributed by atoms with E-state index in [2.05, 4.69) is 20.4 Å². The van der Waals surface area contributed by atoms with E-state index in [4.69, 9.17) is 11.6 Å². The maximum Gasteiger partial charge on any atom is 0.387 e. The molecule has 1 fully saturated rings. The number of benzene rings is 1. The third-order valence-electron chi connectivity index (χ3n) is 2.91. The second-order valence-electron chi connectivity index (χ2n) is 4.74. The predicted molar refractivity (Wildman–Crippen MR) is 94.5 cm³/mol. The van der Waals surface area contributed by atoms with Crippen LogP contribution in [-0.4, -0.2) is 25.2 Å². The molecule has 8 heteroatoms. The van der Waals surface area contributed by atoms with Gasteiger partial charge in [-0.25, -0.2) is 4.99 Å². The molecular formula is C14H19ClF2IN3O. The Balaban J connectivity index is 0.00000242. The summed E-state index contributed by atoms with van der Waals surface area (Å²) in [5, 5.41) is 6.83. The van der Waals surface area contributed by atoms with Gasteiger partial charge in [0.25, 0.3) is 0 Å². The summed E-state index contributed by atoms with van der Waals surface area (Å²) in [6.07, 6.45) is 2.25. The van der Waals surface area contributed by atoms with Crippen LogP contribution >= 0.6 is 35.6 Å². The van der Waals surface area contributed by atoms with E-state index in [1.165, 1.54) is 12.1 Å². The molecule has 0 radical (unpaired) electrons. The van der Waals surface area contributed by atoms with Crippen LogP contribution in [0.25, 0.3) is 0 Å². The average molecular weight is 446 g/mol. The SMILES string of the molecule is CCNC(=NCc1cc(Cl)ccc1OC(F)F)NC1CC1.I. The van der Waals surface area contributed by atoms with Gasteiger partial charge < -0.3 is 15.4 Å². The third kappa shape index (κ3) is 6.51. The van der Waals surface area contributed by atoms with Crippen LogP contribution in [0.5, 0.6) is 5.75 Å². The van der Waals surface area contributed by atoms with Crippen molar-refractivity contribution in [2.45, 2.75) is 39.0 Å². The Morgan fingerprint density at radius 3 is 2.77 bits per heavy atom. The third-order valence-corrected chi connectivity index (χ3v) is 3.14. The van der Waals surface area contributed by atoms with Gasteiger partial charge in [0.15, 0.2) is 5.96 Å². The van der Waals surface area contributed by atoms with Crippen molar-refractivity contribution >= 4 is 41.5 Å². The quantitative estimate of drug-likeness (QED) is 0.398. The summed E-state index contributed by atoms with van der Waals surface area (Å²) in [7, 11) is 0. The van der Waals surface area contributed by atoms with E-state index >= 15 is 0 Å². The fourth-order valence-corrected chi connectivity index (χ4v) is 1.98. The monoisotopic (exact) mass is 445 g/mol. The van der Waals surface area contributed by atoms with Crippen molar-refractivity contribution in [1.82, 2.24) is 10.6 Å². The van der Waals surface area contributed by atoms with Crippen molar-refractivity contribution in [1.29, 1.82) is 0 Å². The number of nitrogens with zero attached hydrogens (tertiary/aromatic N) is 1. The predicted octanol–water partition coefficient (Wildman–Crippen LogP) is 3.78. The van der Waals surface area contributed by atoms with Gasteiger partial charge in [-0.2, -0.15) is 8.78 Å². The molecule has 0 heterocycles. The molecule has 1 aliphatic carbocycles. The summed E-state index contributed by atoms with van der Waals surface area (Å²) >= 11 is 5.90. The highest BCUT2D eigenvalue weighted by Gasteiger charge is 2.22. The molecule has 0 atom stereocenters. The largest absolute Gasteiger partial charge is 0.434 e. The Morgan fingerprint density at radius 2 is 2.18 bits per heavy atom. The molecule has 0 aromatic heterocycles. The van der Waals surface area contributed by atoms with Crippen molar-refractivity contribution in [3.05, 3.63) is 28.8 Å². The zero-order valence-electron chi connectivity index (χ0n) is 12.1. The standard InChI is InChI=1S/C14H18ClF2N3O.HI/c1-2-18-14(20-11-4-5-11)19-8-9-7-10(15)3-6-12(9)21-13(16)17;/h3,6-7,11,13H,2,4-5,8H2,1H3,(H2,18,19,20);1H. The van der Waals surface area contributed by atoms with Gasteiger partial charge in [-0.15, -0.1) is 24.0 Å². The molecule has 1 aromatic carbocycles. The lowest BCUT2D eigenvalue weighted by molar-refractivity contribution is -0.0504. The zero-order valence-corrected chi connectivity index (χ0v) is 15.2. The van der Waals surface area contributed by atoms with Crippen LogP contribution < -0.4 is 15.4 Å². The number of hydrogen-bond acceptors (Lipinski definition) is 2. The summed E-state index contributed by atoms with van der Waals surface area (Å²) in [5.74, 6) is 0.767. The normalized spacial score (nSPS) is 14.5. The van der Waals surface area contributed by atoms with Gasteiger partial charge in [0.2, 0.25) is 0 Å². The maximum atomic E-state index is 12.4. The number of nitrogens with one attached hydrogen (secondary N) is 2. The van der Waals surface area contributed by atoms with Crippen LogP contribution in [0, 0.1) is 0 Å². The fourth-order valence-electron chi connectivity index (χ4n) is 1.79. The highest BCUT2D eigenvalue weighted by molar-refractivity contribution is 14.0. The van der Waals surface area contributed by atoms with E-state index in [1.54, 1.807) is 6.07 Å². The summed E-state index contributed by atoms with van der Waals surface area (Å²) < 4.78 is 29.3. The van der Waals surface area contributed by atoms with Crippen LogP contribution in [0.4, 0.5) is 8.78 Å². The summed E-state index contributed by atoms with van der Waals surface area (Å²) in [6.45, 7) is 0.0419. The molecule has 2 rings (SSSR count). The first kappa shape index (κ1) is 19.2. The molecule has 1 saturated carbocycles. The highest BCUT2D eigenvalue weighted by Crippen LogP contribution is 2.25. The lowest BCUT2D eigenvalue weighted by Crippen LogP contribution is -2.38. The minimum absolute atomic E-state index is 0. The lowest BCUT2D eigenvalue weighted by Gasteiger charge is -2.12. The molecule has 0 saturated heterocycles. The van der Waals surface area contributed by atoms with E-state index in [0.717, 1.165) is 19.4 Å². The Labute approximate surface area is 150 Å². The topological polar surface area (TPSA) is 45.7 Å². The molecule has 1 aliphatic rings. The molecule has 0 spiro atoms. The van der Waals surface area contributed by atoms with Gasteiger partial charge >= 0.3 is 6.61 Å². The minimum atomic E-state index is -2.87. The second-order valence-corrected chi connectivity index (χ2v) is 5.18. The summed E-state index contributed by atoms with van der Waals surface area (Å²) in [4.78, 5) is 4.38. The fraction of sp³-hybridized carbons (Fsp3) is 0.500. The Hall–Kier alpha value is -0.830. The molecule has 0 aliphatic heterocycles. The maximum absolute atomic E-state index is 12.4. The molecule has 1 aromatic rings. The van der Waals surface area contributed by atoms with Gasteiger partial charge in [-0.1, -0.05) is 11.6 Å². The van der Waals surface area contributed by atoms with Crippen molar-refractivity contribution in [3.63, 3.8) is 0 Å².